The third-order valence-corrected chi connectivity index (χ3v) is 3.50. The van der Waals surface area contributed by atoms with Crippen LogP contribution in [0.15, 0.2) is 27.6 Å². The summed E-state index contributed by atoms with van der Waals surface area (Å²) in [6.45, 7) is 6.02. The number of amides is 1. The van der Waals surface area contributed by atoms with E-state index in [0.29, 0.717) is 12.4 Å². The summed E-state index contributed by atoms with van der Waals surface area (Å²) >= 11 is 0. The molecule has 25 heavy (non-hydrogen) atoms. The Labute approximate surface area is 144 Å². The smallest absolute Gasteiger partial charge is 0.340 e. The van der Waals surface area contributed by atoms with Crippen molar-refractivity contribution in [2.45, 2.75) is 26.3 Å². The Morgan fingerprint density at radius 2 is 2.16 bits per heavy atom. The number of carbonyl (C=O) groups excluding carboxylic acids is 1. The summed E-state index contributed by atoms with van der Waals surface area (Å²) < 4.78 is 5.48. The van der Waals surface area contributed by atoms with Crippen LogP contribution in [0.2, 0.25) is 0 Å². The maximum absolute atomic E-state index is 12.0. The molecular formula is C15H23N5O5. The zero-order valence-electron chi connectivity index (χ0n) is 14.2. The number of H-pyrrole nitrogens is 2. The molecule has 0 spiro atoms. The van der Waals surface area contributed by atoms with E-state index in [1.54, 1.807) is 6.26 Å². The molecule has 1 amide bonds. The monoisotopic (exact) mass is 353 g/mol. The Hall–Kier alpha value is -2.88. The lowest BCUT2D eigenvalue weighted by Crippen LogP contribution is -2.38. The van der Waals surface area contributed by atoms with Gasteiger partial charge in [-0.15, -0.1) is 0 Å². The van der Waals surface area contributed by atoms with Gasteiger partial charge in [-0.25, -0.2) is 9.89 Å². The molecule has 4 N–H and O–H groups in total. The number of carboxylic acid groups (broad SMARTS) is 1. The fraction of sp³-hybridized carbons (Fsp3) is 0.467. The fourth-order valence-electron chi connectivity index (χ4n) is 2.37. The molecule has 2 heterocycles. The summed E-state index contributed by atoms with van der Waals surface area (Å²) in [6, 6.07) is 3.72. The maximum atomic E-state index is 12.0. The van der Waals surface area contributed by atoms with Gasteiger partial charge in [-0.3, -0.25) is 19.5 Å². The highest BCUT2D eigenvalue weighted by Crippen LogP contribution is 2.20. The van der Waals surface area contributed by atoms with Crippen molar-refractivity contribution in [3.63, 3.8) is 0 Å². The number of aromatic nitrogens is 3. The third-order valence-electron chi connectivity index (χ3n) is 3.50. The van der Waals surface area contributed by atoms with Gasteiger partial charge in [-0.1, -0.05) is 13.8 Å². The van der Waals surface area contributed by atoms with Crippen LogP contribution in [0.3, 0.4) is 0 Å². The lowest BCUT2D eigenvalue weighted by Gasteiger charge is -2.28. The van der Waals surface area contributed by atoms with Gasteiger partial charge < -0.3 is 14.8 Å². The first-order valence-electron chi connectivity index (χ1n) is 7.81. The molecule has 2 rings (SSSR count). The van der Waals surface area contributed by atoms with Crippen molar-refractivity contribution in [3.8, 4) is 0 Å². The molecule has 0 fully saturated rings. The third kappa shape index (κ3) is 6.63. The highest BCUT2D eigenvalue weighted by molar-refractivity contribution is 5.77. The van der Waals surface area contributed by atoms with Gasteiger partial charge in [-0.05, 0) is 25.2 Å². The Balaban J connectivity index is 0.000000970. The predicted octanol–water partition coefficient (Wildman–Crippen LogP) is 0.134. The number of carbonyl (C=O) groups is 2. The van der Waals surface area contributed by atoms with Crippen LogP contribution in [0.25, 0.3) is 0 Å². The van der Waals surface area contributed by atoms with Gasteiger partial charge in [0.25, 0.3) is 6.47 Å². The van der Waals surface area contributed by atoms with Crippen LogP contribution in [0, 0.1) is 0 Å². The van der Waals surface area contributed by atoms with Crippen molar-refractivity contribution in [3.05, 3.63) is 40.5 Å². The molecule has 0 radical (unpaired) electrons. The summed E-state index contributed by atoms with van der Waals surface area (Å²) in [5.74, 6) is 0.934. The van der Waals surface area contributed by atoms with Crippen molar-refractivity contribution in [1.82, 2.24) is 25.4 Å². The second-order valence-corrected chi connectivity index (χ2v) is 4.96. The fourth-order valence-corrected chi connectivity index (χ4v) is 2.37. The number of rotatable bonds is 8. The molecule has 0 saturated carbocycles. The quantitative estimate of drug-likeness (QED) is 0.494. The molecule has 0 bridgehead atoms. The molecule has 0 aromatic carbocycles. The molecule has 0 aliphatic heterocycles. The minimum atomic E-state index is -0.417. The van der Waals surface area contributed by atoms with Gasteiger partial charge in [0.1, 0.15) is 11.6 Å². The van der Waals surface area contributed by atoms with Gasteiger partial charge in [0.2, 0.25) is 5.91 Å². The van der Waals surface area contributed by atoms with Gasteiger partial charge in [-0.2, -0.15) is 5.10 Å². The van der Waals surface area contributed by atoms with Gasteiger partial charge in [0.15, 0.2) is 0 Å². The van der Waals surface area contributed by atoms with E-state index in [1.807, 2.05) is 12.1 Å². The molecule has 2 aromatic heterocycles. The van der Waals surface area contributed by atoms with E-state index in [9.17, 15) is 9.59 Å². The zero-order chi connectivity index (χ0) is 18.7. The summed E-state index contributed by atoms with van der Waals surface area (Å²) in [5, 5.41) is 15.7. The van der Waals surface area contributed by atoms with Crippen molar-refractivity contribution in [1.29, 1.82) is 0 Å². The Bertz CT molecular complexity index is 675. The molecule has 10 nitrogen and oxygen atoms in total. The topological polar surface area (TPSA) is 144 Å². The predicted molar refractivity (Wildman–Crippen MR) is 89.0 cm³/mol. The van der Waals surface area contributed by atoms with Crippen LogP contribution in [0.4, 0.5) is 0 Å². The lowest BCUT2D eigenvalue weighted by molar-refractivity contribution is -0.123. The van der Waals surface area contributed by atoms with Crippen molar-refractivity contribution >= 4 is 12.4 Å². The molecule has 2 aromatic rings. The summed E-state index contributed by atoms with van der Waals surface area (Å²) in [4.78, 5) is 35.9. The largest absolute Gasteiger partial charge is 0.483 e. The number of aromatic amines is 2. The Morgan fingerprint density at radius 3 is 2.64 bits per heavy atom. The van der Waals surface area contributed by atoms with E-state index >= 15 is 0 Å². The minimum absolute atomic E-state index is 0.0211. The molecule has 1 unspecified atom stereocenters. The first-order chi connectivity index (χ1) is 12.0. The molecular weight excluding hydrogens is 330 g/mol. The number of nitrogens with one attached hydrogen (secondary N) is 3. The number of nitrogens with zero attached hydrogens (tertiary/aromatic N) is 2. The average Bonchev–Trinajstić information content (AvgIpc) is 3.24. The number of hydrogen-bond acceptors (Lipinski definition) is 6. The number of likely N-dealkylation sites (N-methyl/N-ethyl adjacent to an activating group) is 1. The Kier molecular flexibility index (Phi) is 8.72. The van der Waals surface area contributed by atoms with Crippen molar-refractivity contribution < 1.29 is 19.1 Å². The maximum Gasteiger partial charge on any atom is 0.340 e. The van der Waals surface area contributed by atoms with Gasteiger partial charge in [0, 0.05) is 6.54 Å². The molecule has 1 atom stereocenters. The standard InChI is InChI=1S/C14H21N5O3.CH2O2/c1-3-19(4-2)10(11-6-5-7-22-11)9-15-13(20)8-12-16-14(21)18-17-12;2-1-3/h5-7,10H,3-4,8-9H2,1-2H3,(H,15,20)(H2,16,17,18,21);1H,(H,2,3). The van der Waals surface area contributed by atoms with E-state index < -0.39 is 5.69 Å². The summed E-state index contributed by atoms with van der Waals surface area (Å²) in [6.07, 6.45) is 1.66. The summed E-state index contributed by atoms with van der Waals surface area (Å²) in [7, 11) is 0. The van der Waals surface area contributed by atoms with E-state index in [1.165, 1.54) is 0 Å². The van der Waals surface area contributed by atoms with Crippen molar-refractivity contribution in [2.75, 3.05) is 19.6 Å². The molecule has 138 valence electrons. The van der Waals surface area contributed by atoms with Gasteiger partial charge >= 0.3 is 5.69 Å². The zero-order valence-corrected chi connectivity index (χ0v) is 14.2. The van der Waals surface area contributed by atoms with Crippen LogP contribution in [-0.2, 0) is 16.0 Å². The van der Waals surface area contributed by atoms with E-state index in [4.69, 9.17) is 14.3 Å². The second kappa shape index (κ2) is 10.8. The number of furan rings is 1. The first kappa shape index (κ1) is 20.2. The van der Waals surface area contributed by atoms with Crippen LogP contribution >= 0.6 is 0 Å². The second-order valence-electron chi connectivity index (χ2n) is 4.96. The van der Waals surface area contributed by atoms with E-state index in [0.717, 1.165) is 18.8 Å². The molecule has 0 aliphatic rings. The SMILES string of the molecule is CCN(CC)C(CNC(=O)Cc1n[nH]c(=O)[nH]1)c1ccco1.O=CO. The van der Waals surface area contributed by atoms with Crippen LogP contribution < -0.4 is 11.0 Å². The van der Waals surface area contributed by atoms with E-state index in [2.05, 4.69) is 39.2 Å². The molecule has 10 heteroatoms. The molecule has 0 aliphatic carbocycles. The lowest BCUT2D eigenvalue weighted by atomic mass is 10.2. The van der Waals surface area contributed by atoms with Crippen LogP contribution in [0.1, 0.15) is 31.5 Å². The molecule has 0 saturated heterocycles. The first-order valence-corrected chi connectivity index (χ1v) is 7.81. The average molecular weight is 353 g/mol. The highest BCUT2D eigenvalue weighted by atomic mass is 16.3. The Morgan fingerprint density at radius 1 is 1.48 bits per heavy atom. The van der Waals surface area contributed by atoms with Crippen LogP contribution in [0.5, 0.6) is 0 Å². The number of hydrogen-bond donors (Lipinski definition) is 4. The van der Waals surface area contributed by atoms with Crippen molar-refractivity contribution in [2.24, 2.45) is 0 Å². The minimum Gasteiger partial charge on any atom is -0.483 e. The van der Waals surface area contributed by atoms with E-state index in [-0.39, 0.29) is 24.8 Å². The summed E-state index contributed by atoms with van der Waals surface area (Å²) in [5.41, 5.74) is -0.417. The van der Waals surface area contributed by atoms with Gasteiger partial charge in [0.05, 0.1) is 18.7 Å². The highest BCUT2D eigenvalue weighted by Gasteiger charge is 2.21. The normalized spacial score (nSPS) is 11.5. The van der Waals surface area contributed by atoms with Crippen LogP contribution in [-0.4, -0.2) is 57.2 Å².